The molecule has 0 aliphatic carbocycles. The third-order valence-corrected chi connectivity index (χ3v) is 2.57. The highest BCUT2D eigenvalue weighted by Crippen LogP contribution is 2.38. The Morgan fingerprint density at radius 1 is 1.62 bits per heavy atom. The van der Waals surface area contributed by atoms with Gasteiger partial charge in [-0.1, -0.05) is 0 Å². The van der Waals surface area contributed by atoms with E-state index in [1.54, 1.807) is 11.6 Å². The zero-order chi connectivity index (χ0) is 10.1. The molecule has 0 aromatic rings. The van der Waals surface area contributed by atoms with Crippen molar-refractivity contribution in [3.05, 3.63) is 0 Å². The molecule has 0 aromatic carbocycles. The van der Waals surface area contributed by atoms with Crippen LogP contribution in [0.1, 0.15) is 6.42 Å². The van der Waals surface area contributed by atoms with Crippen molar-refractivity contribution in [3.8, 4) is 0 Å². The zero-order valence-electron chi connectivity index (χ0n) is 8.06. The molecule has 69 valence electrons. The second kappa shape index (κ2) is 9.04. The molecule has 1 atom stereocenters. The van der Waals surface area contributed by atoms with E-state index in [9.17, 15) is 0 Å². The summed E-state index contributed by atoms with van der Waals surface area (Å²) in [6.07, 6.45) is 0.914. The molecular formula is C5H13B3N2O2P. The molecule has 0 aliphatic rings. The number of nitrogens with one attached hydrogen (secondary N) is 1. The summed E-state index contributed by atoms with van der Waals surface area (Å²) in [5.41, 5.74) is 0. The summed E-state index contributed by atoms with van der Waals surface area (Å²) in [6.45, 7) is 1.51. The van der Waals surface area contributed by atoms with E-state index in [0.717, 1.165) is 13.0 Å². The van der Waals surface area contributed by atoms with Gasteiger partial charge in [-0.2, -0.15) is 0 Å². The second-order valence-electron chi connectivity index (χ2n) is 2.36. The van der Waals surface area contributed by atoms with Crippen molar-refractivity contribution in [1.29, 1.82) is 0 Å². The molecular weight excluding hydrogens is 183 g/mol. The van der Waals surface area contributed by atoms with E-state index < -0.39 is 8.53 Å². The van der Waals surface area contributed by atoms with Crippen LogP contribution >= 0.6 is 8.53 Å². The SMILES string of the molecule is [B][B]N(C)P(O[B])OCCCNC. The lowest BCUT2D eigenvalue weighted by molar-refractivity contribution is 0.293. The van der Waals surface area contributed by atoms with Crippen molar-refractivity contribution in [2.45, 2.75) is 6.42 Å². The van der Waals surface area contributed by atoms with Crippen LogP contribution in [0, 0.1) is 0 Å². The molecule has 8 heteroatoms. The summed E-state index contributed by atoms with van der Waals surface area (Å²) in [7, 11) is 14.1. The van der Waals surface area contributed by atoms with Gasteiger partial charge in [0.15, 0.2) is 7.31 Å². The van der Waals surface area contributed by atoms with E-state index in [0.29, 0.717) is 6.61 Å². The Bertz CT molecular complexity index is 124. The predicted molar refractivity (Wildman–Crippen MR) is 57.5 cm³/mol. The average molecular weight is 197 g/mol. The van der Waals surface area contributed by atoms with Crippen LogP contribution < -0.4 is 5.32 Å². The highest BCUT2D eigenvalue weighted by Gasteiger charge is 2.12. The molecule has 4 nitrogen and oxygen atoms in total. The first-order valence-electron chi connectivity index (χ1n) is 3.98. The molecule has 1 unspecified atom stereocenters. The quantitative estimate of drug-likeness (QED) is 0.325. The number of hydrogen-bond acceptors (Lipinski definition) is 4. The van der Waals surface area contributed by atoms with Gasteiger partial charge in [-0.25, -0.2) is 0 Å². The minimum absolute atomic E-state index is 0.599. The van der Waals surface area contributed by atoms with E-state index in [-0.39, 0.29) is 0 Å². The van der Waals surface area contributed by atoms with Crippen molar-refractivity contribution in [2.24, 2.45) is 0 Å². The van der Waals surface area contributed by atoms with Crippen molar-refractivity contribution in [1.82, 2.24) is 9.90 Å². The lowest BCUT2D eigenvalue weighted by atomic mass is 9.67. The Morgan fingerprint density at radius 3 is 2.77 bits per heavy atom. The van der Waals surface area contributed by atoms with Gasteiger partial charge in [0, 0.05) is 7.74 Å². The second-order valence-corrected chi connectivity index (χ2v) is 3.93. The lowest BCUT2D eigenvalue weighted by Gasteiger charge is -2.24. The van der Waals surface area contributed by atoms with E-state index in [1.165, 1.54) is 7.31 Å². The fourth-order valence-corrected chi connectivity index (χ4v) is 1.43. The van der Waals surface area contributed by atoms with Crippen LogP contribution in [0.15, 0.2) is 0 Å². The van der Waals surface area contributed by atoms with Gasteiger partial charge < -0.3 is 14.3 Å². The monoisotopic (exact) mass is 197 g/mol. The minimum Gasteiger partial charge on any atom is -0.397 e. The minimum atomic E-state index is -1.23. The van der Waals surface area contributed by atoms with Crippen LogP contribution in [0.5, 0.6) is 0 Å². The maximum Gasteiger partial charge on any atom is 0.293 e. The van der Waals surface area contributed by atoms with Gasteiger partial charge in [-0.15, -0.1) is 0 Å². The molecule has 0 saturated heterocycles. The van der Waals surface area contributed by atoms with Gasteiger partial charge in [0.25, 0.3) is 8.05 Å². The predicted octanol–water partition coefficient (Wildman–Crippen LogP) is -0.426. The third-order valence-electron chi connectivity index (χ3n) is 1.34. The van der Waals surface area contributed by atoms with E-state index in [4.69, 9.17) is 20.3 Å². The molecule has 0 aromatic heterocycles. The van der Waals surface area contributed by atoms with E-state index in [1.807, 2.05) is 7.05 Å². The number of hydrogen-bond donors (Lipinski definition) is 1. The summed E-state index contributed by atoms with van der Waals surface area (Å²) in [5.74, 6) is 0. The number of rotatable bonds is 8. The largest absolute Gasteiger partial charge is 0.397 e. The van der Waals surface area contributed by atoms with Gasteiger partial charge in [0.05, 0.1) is 6.61 Å². The molecule has 0 fully saturated rings. The summed E-state index contributed by atoms with van der Waals surface area (Å²) in [4.78, 5) is 0. The van der Waals surface area contributed by atoms with Crippen molar-refractivity contribution in [2.75, 3.05) is 27.2 Å². The molecule has 0 amide bonds. The first-order valence-corrected chi connectivity index (χ1v) is 5.11. The van der Waals surface area contributed by atoms with Crippen LogP contribution in [0.4, 0.5) is 0 Å². The summed E-state index contributed by atoms with van der Waals surface area (Å²) in [6, 6.07) is 0. The van der Waals surface area contributed by atoms with Crippen LogP contribution in [-0.4, -0.2) is 54.9 Å². The van der Waals surface area contributed by atoms with Crippen LogP contribution in [0.3, 0.4) is 0 Å². The Labute approximate surface area is 84.8 Å². The molecule has 0 bridgehead atoms. The summed E-state index contributed by atoms with van der Waals surface area (Å²) < 4.78 is 11.6. The van der Waals surface area contributed by atoms with Crippen molar-refractivity contribution < 1.29 is 8.96 Å². The van der Waals surface area contributed by atoms with Crippen LogP contribution in [0.2, 0.25) is 0 Å². The normalized spacial score (nSPS) is 13.2. The number of nitrogens with zero attached hydrogens (tertiary/aromatic N) is 1. The fourth-order valence-electron chi connectivity index (χ4n) is 0.642. The van der Waals surface area contributed by atoms with Crippen LogP contribution in [0.25, 0.3) is 0 Å². The van der Waals surface area contributed by atoms with E-state index >= 15 is 0 Å². The van der Waals surface area contributed by atoms with Gasteiger partial charge in [-0.3, -0.25) is 4.58 Å². The van der Waals surface area contributed by atoms with Gasteiger partial charge in [0.1, 0.15) is 0 Å². The maximum absolute atomic E-state index is 5.34. The fraction of sp³-hybridized carbons (Fsp3) is 1.00. The molecule has 0 rings (SSSR count). The molecule has 0 aliphatic heterocycles. The standard InChI is InChI=1S/C5H13B3N2O2P/c1-9-4-3-5-11-13(12-7)10(2)8-6/h9H,3-5H2,1-2H3. The maximum atomic E-state index is 5.34. The topological polar surface area (TPSA) is 33.7 Å². The Kier molecular flexibility index (Phi) is 9.36. The van der Waals surface area contributed by atoms with Gasteiger partial charge >= 0.3 is 0 Å². The molecule has 0 spiro atoms. The molecule has 1 N–H and O–H groups in total. The van der Waals surface area contributed by atoms with Crippen molar-refractivity contribution in [3.63, 3.8) is 0 Å². The summed E-state index contributed by atoms with van der Waals surface area (Å²) in [5, 5.41) is 3.01. The molecule has 0 saturated carbocycles. The summed E-state index contributed by atoms with van der Waals surface area (Å²) >= 11 is 0. The highest BCUT2D eigenvalue weighted by molar-refractivity contribution is 7.48. The first kappa shape index (κ1) is 13.5. The Morgan fingerprint density at radius 2 is 2.31 bits per heavy atom. The Hall–Kier alpha value is 0.465. The lowest BCUT2D eigenvalue weighted by Crippen LogP contribution is -2.20. The molecule has 5 radical (unpaired) electrons. The highest BCUT2D eigenvalue weighted by atomic mass is 31.2. The van der Waals surface area contributed by atoms with Gasteiger partial charge in [-0.05, 0) is 27.1 Å². The molecule has 0 heterocycles. The average Bonchev–Trinajstić information content (AvgIpc) is 2.17. The smallest absolute Gasteiger partial charge is 0.293 e. The first-order chi connectivity index (χ1) is 6.26. The van der Waals surface area contributed by atoms with E-state index in [2.05, 4.69) is 9.76 Å². The Balaban J connectivity index is 3.47. The van der Waals surface area contributed by atoms with Crippen LogP contribution in [-0.2, 0) is 8.96 Å². The zero-order valence-corrected chi connectivity index (χ0v) is 8.96. The van der Waals surface area contributed by atoms with Gasteiger partial charge in [0.2, 0.25) is 8.53 Å². The van der Waals surface area contributed by atoms with Crippen molar-refractivity contribution >= 4 is 31.6 Å². The molecule has 13 heavy (non-hydrogen) atoms. The third kappa shape index (κ3) is 6.52.